The summed E-state index contributed by atoms with van der Waals surface area (Å²) >= 11 is 1.35. The van der Waals surface area contributed by atoms with Gasteiger partial charge in [0.25, 0.3) is 0 Å². The summed E-state index contributed by atoms with van der Waals surface area (Å²) in [6.07, 6.45) is 0. The van der Waals surface area contributed by atoms with Crippen molar-refractivity contribution in [1.29, 1.82) is 0 Å². The lowest BCUT2D eigenvalue weighted by Crippen LogP contribution is -2.26. The maximum atomic E-state index is 12.6. The fourth-order valence-electron chi connectivity index (χ4n) is 2.37. The number of likely N-dealkylation sites (N-methyl/N-ethyl adjacent to an activating group) is 1. The van der Waals surface area contributed by atoms with E-state index in [0.29, 0.717) is 11.0 Å². The van der Waals surface area contributed by atoms with Gasteiger partial charge in [0.05, 0.1) is 0 Å². The molecule has 0 fully saturated rings. The van der Waals surface area contributed by atoms with E-state index >= 15 is 0 Å². The highest BCUT2D eigenvalue weighted by Crippen LogP contribution is 2.35. The molecule has 1 aromatic heterocycles. The Hall–Kier alpha value is -2.60. The zero-order chi connectivity index (χ0) is 17.8. The normalized spacial score (nSPS) is 12.0. The smallest absolute Gasteiger partial charge is 0.240 e. The maximum absolute atomic E-state index is 12.6. The van der Waals surface area contributed by atoms with E-state index in [4.69, 9.17) is 0 Å². The van der Waals surface area contributed by atoms with Crippen LogP contribution in [0.5, 0.6) is 0 Å². The van der Waals surface area contributed by atoms with Gasteiger partial charge in [0.1, 0.15) is 5.25 Å². The third-order valence-electron chi connectivity index (χ3n) is 3.78. The number of aromatic nitrogens is 3. The standard InChI is InChI=1S/C19H20N4OS/c1-13-9-11-15(12-10-13)17-20-19(22-21-17)25-16(18(24)23(2)3)14-7-5-4-6-8-14/h4-12,16H,1-3H3,(H,20,21,22)/t16-/m0/s1. The summed E-state index contributed by atoms with van der Waals surface area (Å²) in [6, 6.07) is 17.8. The molecule has 0 aliphatic carbocycles. The van der Waals surface area contributed by atoms with E-state index in [1.54, 1.807) is 19.0 Å². The van der Waals surface area contributed by atoms with Crippen molar-refractivity contribution in [3.8, 4) is 11.4 Å². The molecule has 0 spiro atoms. The van der Waals surface area contributed by atoms with Gasteiger partial charge < -0.3 is 4.90 Å². The number of amides is 1. The fraction of sp³-hybridized carbons (Fsp3) is 0.211. The number of carbonyl (C=O) groups is 1. The first-order valence-corrected chi connectivity index (χ1v) is 8.85. The molecule has 6 heteroatoms. The van der Waals surface area contributed by atoms with Crippen LogP contribution in [0.1, 0.15) is 16.4 Å². The van der Waals surface area contributed by atoms with Crippen LogP contribution in [0.2, 0.25) is 0 Å². The Morgan fingerprint density at radius 3 is 2.40 bits per heavy atom. The van der Waals surface area contributed by atoms with Gasteiger partial charge in [-0.1, -0.05) is 71.9 Å². The minimum Gasteiger partial charge on any atom is -0.348 e. The van der Waals surface area contributed by atoms with E-state index in [9.17, 15) is 4.79 Å². The molecule has 0 aliphatic heterocycles. The van der Waals surface area contributed by atoms with Crippen LogP contribution in [0, 0.1) is 6.92 Å². The number of thioether (sulfide) groups is 1. The molecule has 128 valence electrons. The van der Waals surface area contributed by atoms with Gasteiger partial charge in [-0.3, -0.25) is 9.89 Å². The number of benzene rings is 2. The average molecular weight is 352 g/mol. The average Bonchev–Trinajstić information content (AvgIpc) is 3.09. The summed E-state index contributed by atoms with van der Waals surface area (Å²) in [4.78, 5) is 18.7. The number of nitrogens with one attached hydrogen (secondary N) is 1. The van der Waals surface area contributed by atoms with Crippen molar-refractivity contribution < 1.29 is 4.79 Å². The molecule has 1 atom stereocenters. The molecule has 0 unspecified atom stereocenters. The molecule has 1 N–H and O–H groups in total. The van der Waals surface area contributed by atoms with Crippen molar-refractivity contribution in [3.63, 3.8) is 0 Å². The Balaban J connectivity index is 1.85. The lowest BCUT2D eigenvalue weighted by Gasteiger charge is -2.19. The summed E-state index contributed by atoms with van der Waals surface area (Å²) < 4.78 is 0. The maximum Gasteiger partial charge on any atom is 0.240 e. The van der Waals surface area contributed by atoms with Crippen LogP contribution < -0.4 is 0 Å². The van der Waals surface area contributed by atoms with Gasteiger partial charge in [0.2, 0.25) is 11.1 Å². The van der Waals surface area contributed by atoms with Gasteiger partial charge in [-0.05, 0) is 12.5 Å². The fourth-order valence-corrected chi connectivity index (χ4v) is 3.43. The first-order valence-electron chi connectivity index (χ1n) is 7.97. The van der Waals surface area contributed by atoms with Gasteiger partial charge >= 0.3 is 0 Å². The van der Waals surface area contributed by atoms with Crippen LogP contribution in [-0.4, -0.2) is 40.1 Å². The first-order chi connectivity index (χ1) is 12.0. The monoisotopic (exact) mass is 352 g/mol. The van der Waals surface area contributed by atoms with E-state index in [1.165, 1.54) is 17.3 Å². The predicted molar refractivity (Wildman–Crippen MR) is 100 cm³/mol. The zero-order valence-electron chi connectivity index (χ0n) is 14.4. The van der Waals surface area contributed by atoms with E-state index in [2.05, 4.69) is 15.2 Å². The van der Waals surface area contributed by atoms with Crippen molar-refractivity contribution in [2.75, 3.05) is 14.1 Å². The molecule has 1 heterocycles. The van der Waals surface area contributed by atoms with Crippen molar-refractivity contribution in [2.24, 2.45) is 0 Å². The SMILES string of the molecule is Cc1ccc(-c2nc(S[C@H](C(=O)N(C)C)c3ccccc3)n[nH]2)cc1. The highest BCUT2D eigenvalue weighted by molar-refractivity contribution is 8.00. The van der Waals surface area contributed by atoms with Crippen molar-refractivity contribution in [3.05, 3.63) is 65.7 Å². The largest absolute Gasteiger partial charge is 0.348 e. The third kappa shape index (κ3) is 4.09. The van der Waals surface area contributed by atoms with Crippen molar-refractivity contribution >= 4 is 17.7 Å². The Bertz CT molecular complexity index is 843. The molecular weight excluding hydrogens is 332 g/mol. The Morgan fingerprint density at radius 1 is 1.08 bits per heavy atom. The molecule has 5 nitrogen and oxygen atoms in total. The summed E-state index contributed by atoms with van der Waals surface area (Å²) in [7, 11) is 3.52. The molecule has 1 amide bonds. The minimum absolute atomic E-state index is 0.0119. The van der Waals surface area contributed by atoms with Gasteiger partial charge in [-0.15, -0.1) is 5.10 Å². The molecule has 0 bridgehead atoms. The number of aromatic amines is 1. The second-order valence-electron chi connectivity index (χ2n) is 5.97. The minimum atomic E-state index is -0.377. The molecule has 0 saturated heterocycles. The molecule has 0 saturated carbocycles. The number of hydrogen-bond acceptors (Lipinski definition) is 4. The summed E-state index contributed by atoms with van der Waals surface area (Å²) in [5.74, 6) is 0.712. The molecule has 0 radical (unpaired) electrons. The topological polar surface area (TPSA) is 61.9 Å². The van der Waals surface area contributed by atoms with E-state index in [1.807, 2.05) is 61.5 Å². The Labute approximate surface area is 151 Å². The Kier molecular flexibility index (Phi) is 5.19. The highest BCUT2D eigenvalue weighted by atomic mass is 32.2. The number of aryl methyl sites for hydroxylation is 1. The summed E-state index contributed by atoms with van der Waals surface area (Å²) in [5.41, 5.74) is 3.10. The van der Waals surface area contributed by atoms with Crippen molar-refractivity contribution in [1.82, 2.24) is 20.1 Å². The summed E-state index contributed by atoms with van der Waals surface area (Å²) in [5, 5.41) is 7.42. The third-order valence-corrected chi connectivity index (χ3v) is 4.88. The molecular formula is C19H20N4OS. The van der Waals surface area contributed by atoms with Crippen LogP contribution in [0.15, 0.2) is 59.8 Å². The van der Waals surface area contributed by atoms with E-state index in [0.717, 1.165) is 11.1 Å². The number of nitrogens with zero attached hydrogens (tertiary/aromatic N) is 3. The van der Waals surface area contributed by atoms with Gasteiger partial charge in [-0.25, -0.2) is 4.98 Å². The molecule has 3 aromatic rings. The lowest BCUT2D eigenvalue weighted by atomic mass is 10.1. The van der Waals surface area contributed by atoms with Gasteiger partial charge in [-0.2, -0.15) is 0 Å². The van der Waals surface area contributed by atoms with Gasteiger partial charge in [0, 0.05) is 19.7 Å². The number of rotatable bonds is 5. The first kappa shape index (κ1) is 17.2. The molecule has 3 rings (SSSR count). The number of hydrogen-bond donors (Lipinski definition) is 1. The van der Waals surface area contributed by atoms with Crippen LogP contribution in [-0.2, 0) is 4.79 Å². The zero-order valence-corrected chi connectivity index (χ0v) is 15.2. The highest BCUT2D eigenvalue weighted by Gasteiger charge is 2.25. The van der Waals surface area contributed by atoms with Crippen LogP contribution in [0.25, 0.3) is 11.4 Å². The molecule has 0 aliphatic rings. The van der Waals surface area contributed by atoms with Crippen molar-refractivity contribution in [2.45, 2.75) is 17.3 Å². The lowest BCUT2D eigenvalue weighted by molar-refractivity contribution is -0.128. The van der Waals surface area contributed by atoms with Crippen LogP contribution in [0.4, 0.5) is 0 Å². The van der Waals surface area contributed by atoms with E-state index < -0.39 is 0 Å². The quantitative estimate of drug-likeness (QED) is 0.711. The predicted octanol–water partition coefficient (Wildman–Crippen LogP) is 3.70. The number of carbonyl (C=O) groups excluding carboxylic acids is 1. The van der Waals surface area contributed by atoms with Crippen LogP contribution in [0.3, 0.4) is 0 Å². The molecule has 2 aromatic carbocycles. The van der Waals surface area contributed by atoms with Crippen LogP contribution >= 0.6 is 11.8 Å². The van der Waals surface area contributed by atoms with Gasteiger partial charge in [0.15, 0.2) is 5.82 Å². The Morgan fingerprint density at radius 2 is 1.76 bits per heavy atom. The second-order valence-corrected chi connectivity index (χ2v) is 7.05. The second kappa shape index (κ2) is 7.53. The summed E-state index contributed by atoms with van der Waals surface area (Å²) in [6.45, 7) is 2.04. The molecule has 25 heavy (non-hydrogen) atoms. The van der Waals surface area contributed by atoms with E-state index in [-0.39, 0.29) is 11.2 Å². The number of H-pyrrole nitrogens is 1.